The number of benzene rings is 1. The Balaban J connectivity index is 3.14. The first-order valence-corrected chi connectivity index (χ1v) is 8.74. The van der Waals surface area contributed by atoms with Gasteiger partial charge in [0.15, 0.2) is 14.9 Å². The summed E-state index contributed by atoms with van der Waals surface area (Å²) in [5.41, 5.74) is 0.204. The second-order valence-electron chi connectivity index (χ2n) is 4.04. The zero-order chi connectivity index (χ0) is 14.8. The predicted molar refractivity (Wildman–Crippen MR) is 70.4 cm³/mol. The normalized spacial score (nSPS) is 12.1. The van der Waals surface area contributed by atoms with Crippen LogP contribution in [-0.4, -0.2) is 39.3 Å². The van der Waals surface area contributed by atoms with Gasteiger partial charge in [-0.05, 0) is 24.6 Å². The molecule has 0 aromatic heterocycles. The molecule has 9 heteroatoms. The van der Waals surface area contributed by atoms with Crippen molar-refractivity contribution >= 4 is 31.5 Å². The lowest BCUT2D eigenvalue weighted by Gasteiger charge is -2.11. The molecule has 0 saturated carbocycles. The van der Waals surface area contributed by atoms with Gasteiger partial charge in [-0.2, -0.15) is 0 Å². The van der Waals surface area contributed by atoms with E-state index in [4.69, 9.17) is 5.11 Å². The van der Waals surface area contributed by atoms with E-state index in [1.807, 2.05) is 0 Å². The number of carboxylic acids is 1. The Morgan fingerprint density at radius 3 is 2.32 bits per heavy atom. The molecule has 0 unspecified atom stereocenters. The summed E-state index contributed by atoms with van der Waals surface area (Å²) >= 11 is 0. The molecular weight excluding hydrogens is 294 g/mol. The third kappa shape index (κ3) is 4.52. The molecule has 0 spiro atoms. The van der Waals surface area contributed by atoms with E-state index < -0.39 is 30.9 Å². The predicted octanol–water partition coefficient (Wildman–Crippen LogP) is 0.437. The molecule has 0 radical (unpaired) electrons. The maximum absolute atomic E-state index is 11.6. The van der Waals surface area contributed by atoms with Gasteiger partial charge in [-0.25, -0.2) is 21.6 Å². The average molecular weight is 307 g/mol. The Bertz CT molecular complexity index is 706. The maximum atomic E-state index is 11.6. The van der Waals surface area contributed by atoms with Crippen molar-refractivity contribution in [2.24, 2.45) is 0 Å². The molecule has 19 heavy (non-hydrogen) atoms. The molecule has 2 N–H and O–H groups in total. The number of nitrogens with one attached hydrogen (secondary N) is 1. The van der Waals surface area contributed by atoms with Crippen molar-refractivity contribution in [3.8, 4) is 0 Å². The second-order valence-corrected chi connectivity index (χ2v) is 8.27. The number of hydrogen-bond acceptors (Lipinski definition) is 5. The lowest BCUT2D eigenvalue weighted by molar-refractivity contribution is 0.0696. The van der Waals surface area contributed by atoms with Crippen LogP contribution in [-0.2, 0) is 19.9 Å². The highest BCUT2D eigenvalue weighted by atomic mass is 32.3. The first-order valence-electron chi connectivity index (χ1n) is 5.03. The van der Waals surface area contributed by atoms with Crippen molar-refractivity contribution in [3.63, 3.8) is 0 Å². The summed E-state index contributed by atoms with van der Waals surface area (Å²) in [4.78, 5) is 10.9. The van der Waals surface area contributed by atoms with Gasteiger partial charge < -0.3 is 5.11 Å². The van der Waals surface area contributed by atoms with Crippen molar-refractivity contribution in [2.75, 3.05) is 16.1 Å². The van der Waals surface area contributed by atoms with Gasteiger partial charge >= 0.3 is 5.97 Å². The molecule has 0 heterocycles. The Morgan fingerprint density at radius 2 is 1.84 bits per heavy atom. The highest BCUT2D eigenvalue weighted by molar-refractivity contribution is 8.08. The van der Waals surface area contributed by atoms with Gasteiger partial charge in [0.05, 0.1) is 11.3 Å². The Labute approximate surface area is 111 Å². The molecule has 0 amide bonds. The zero-order valence-electron chi connectivity index (χ0n) is 10.2. The Kier molecular flexibility index (Phi) is 4.21. The van der Waals surface area contributed by atoms with E-state index in [1.54, 1.807) is 0 Å². The molecular formula is C10H13NO6S2. The summed E-state index contributed by atoms with van der Waals surface area (Å²) in [5.74, 6) is -1.19. The van der Waals surface area contributed by atoms with Crippen LogP contribution in [0.1, 0.15) is 15.9 Å². The van der Waals surface area contributed by atoms with Crippen LogP contribution in [0.2, 0.25) is 0 Å². The first-order chi connectivity index (χ1) is 8.52. The van der Waals surface area contributed by atoms with Gasteiger partial charge in [0, 0.05) is 6.26 Å². The van der Waals surface area contributed by atoms with Crippen LogP contribution in [0, 0.1) is 6.92 Å². The summed E-state index contributed by atoms with van der Waals surface area (Å²) in [7, 11) is -7.80. The average Bonchev–Trinajstić information content (AvgIpc) is 2.16. The molecule has 0 aliphatic heterocycles. The summed E-state index contributed by atoms with van der Waals surface area (Å²) in [6.07, 6.45) is 0.798. The number of rotatable bonds is 5. The van der Waals surface area contributed by atoms with Crippen molar-refractivity contribution in [1.29, 1.82) is 0 Å². The summed E-state index contributed by atoms with van der Waals surface area (Å²) in [5, 5.41) is 7.84. The number of carboxylic acid groups (broad SMARTS) is 1. The van der Waals surface area contributed by atoms with Gasteiger partial charge in [-0.15, -0.1) is 0 Å². The standard InChI is InChI=1S/C10H13NO6S2/c1-7-8(10(12)13)4-3-5-9(7)11-19(16,17)6-18(2,14)15/h3-5,11H,6H2,1-2H3,(H,12,13). The van der Waals surface area contributed by atoms with E-state index in [0.29, 0.717) is 0 Å². The topological polar surface area (TPSA) is 118 Å². The van der Waals surface area contributed by atoms with E-state index in [-0.39, 0.29) is 16.8 Å². The molecule has 0 atom stereocenters. The molecule has 1 aromatic rings. The number of anilines is 1. The highest BCUT2D eigenvalue weighted by Gasteiger charge is 2.20. The number of carbonyl (C=O) groups is 1. The van der Waals surface area contributed by atoms with E-state index in [0.717, 1.165) is 6.26 Å². The lowest BCUT2D eigenvalue weighted by Crippen LogP contribution is -2.23. The largest absolute Gasteiger partial charge is 0.478 e. The van der Waals surface area contributed by atoms with Crippen LogP contribution in [0.15, 0.2) is 18.2 Å². The van der Waals surface area contributed by atoms with Gasteiger partial charge in [0.2, 0.25) is 10.0 Å². The molecule has 7 nitrogen and oxygen atoms in total. The summed E-state index contributed by atoms with van der Waals surface area (Å²) in [6, 6.07) is 4.06. The minimum Gasteiger partial charge on any atom is -0.478 e. The van der Waals surface area contributed by atoms with Crippen molar-refractivity contribution in [3.05, 3.63) is 29.3 Å². The molecule has 0 aliphatic rings. The lowest BCUT2D eigenvalue weighted by atomic mass is 10.1. The van der Waals surface area contributed by atoms with E-state index in [9.17, 15) is 21.6 Å². The number of sulfone groups is 1. The number of aromatic carboxylic acids is 1. The van der Waals surface area contributed by atoms with Gasteiger partial charge in [0.25, 0.3) is 0 Å². The third-order valence-electron chi connectivity index (χ3n) is 2.20. The quantitative estimate of drug-likeness (QED) is 0.815. The Hall–Kier alpha value is -1.61. The minimum atomic E-state index is -4.09. The second kappa shape index (κ2) is 5.17. The SMILES string of the molecule is Cc1c(NS(=O)(=O)CS(C)(=O)=O)cccc1C(=O)O. The fraction of sp³-hybridized carbons (Fsp3) is 0.300. The monoisotopic (exact) mass is 307 g/mol. The molecule has 0 aliphatic carbocycles. The van der Waals surface area contributed by atoms with Crippen LogP contribution in [0.4, 0.5) is 5.69 Å². The van der Waals surface area contributed by atoms with Crippen LogP contribution in [0.3, 0.4) is 0 Å². The molecule has 106 valence electrons. The molecule has 1 rings (SSSR count). The molecule has 0 saturated heterocycles. The Morgan fingerprint density at radius 1 is 1.26 bits per heavy atom. The van der Waals surface area contributed by atoms with Crippen LogP contribution < -0.4 is 4.72 Å². The highest BCUT2D eigenvalue weighted by Crippen LogP contribution is 2.20. The van der Waals surface area contributed by atoms with E-state index in [2.05, 4.69) is 4.72 Å². The molecule has 1 aromatic carbocycles. The number of sulfonamides is 1. The van der Waals surface area contributed by atoms with Crippen molar-refractivity contribution in [2.45, 2.75) is 6.92 Å². The van der Waals surface area contributed by atoms with Crippen molar-refractivity contribution < 1.29 is 26.7 Å². The van der Waals surface area contributed by atoms with Crippen LogP contribution in [0.5, 0.6) is 0 Å². The number of hydrogen-bond donors (Lipinski definition) is 2. The summed E-state index contributed by atoms with van der Waals surface area (Å²) < 4.78 is 47.3. The third-order valence-corrected chi connectivity index (χ3v) is 5.68. The molecule has 0 bridgehead atoms. The fourth-order valence-corrected chi connectivity index (χ4v) is 4.50. The minimum absolute atomic E-state index is 0.0450. The molecule has 0 fully saturated rings. The summed E-state index contributed by atoms with van der Waals surface area (Å²) in [6.45, 7) is 1.43. The van der Waals surface area contributed by atoms with Gasteiger partial charge in [0.1, 0.15) is 0 Å². The van der Waals surface area contributed by atoms with Crippen LogP contribution >= 0.6 is 0 Å². The van der Waals surface area contributed by atoms with E-state index in [1.165, 1.54) is 25.1 Å². The van der Waals surface area contributed by atoms with Crippen molar-refractivity contribution in [1.82, 2.24) is 0 Å². The fourth-order valence-electron chi connectivity index (χ4n) is 1.46. The first kappa shape index (κ1) is 15.4. The van der Waals surface area contributed by atoms with Gasteiger partial charge in [-0.1, -0.05) is 6.07 Å². The van der Waals surface area contributed by atoms with Crippen LogP contribution in [0.25, 0.3) is 0 Å². The zero-order valence-corrected chi connectivity index (χ0v) is 11.9. The smallest absolute Gasteiger partial charge is 0.336 e. The van der Waals surface area contributed by atoms with Gasteiger partial charge in [-0.3, -0.25) is 4.72 Å². The maximum Gasteiger partial charge on any atom is 0.336 e. The van der Waals surface area contributed by atoms with E-state index >= 15 is 0 Å².